The fourth-order valence-corrected chi connectivity index (χ4v) is 3.09. The highest BCUT2D eigenvalue weighted by molar-refractivity contribution is 5.44. The van der Waals surface area contributed by atoms with Crippen LogP contribution in [0.15, 0.2) is 18.2 Å². The number of nitrogens with one attached hydrogen (secondary N) is 1. The lowest BCUT2D eigenvalue weighted by molar-refractivity contribution is 0.174. The number of benzene rings is 1. The Kier molecular flexibility index (Phi) is 4.66. The molecule has 0 aliphatic carbocycles. The second-order valence-corrected chi connectivity index (χ2v) is 6.21. The number of hydrogen-bond acceptors (Lipinski definition) is 4. The molecule has 0 aromatic heterocycles. The van der Waals surface area contributed by atoms with Crippen molar-refractivity contribution in [2.45, 2.75) is 45.2 Å². The van der Waals surface area contributed by atoms with Gasteiger partial charge in [0, 0.05) is 18.7 Å². The van der Waals surface area contributed by atoms with Gasteiger partial charge in [-0.2, -0.15) is 0 Å². The Morgan fingerprint density at radius 1 is 1.24 bits per heavy atom. The zero-order valence-corrected chi connectivity index (χ0v) is 12.9. The first-order valence-electron chi connectivity index (χ1n) is 7.94. The molecular formula is C17H25NO3. The smallest absolute Gasteiger partial charge is 0.231 e. The van der Waals surface area contributed by atoms with Crippen LogP contribution < -0.4 is 14.8 Å². The molecule has 0 spiro atoms. The fourth-order valence-electron chi connectivity index (χ4n) is 3.09. The molecule has 21 heavy (non-hydrogen) atoms. The van der Waals surface area contributed by atoms with E-state index in [-0.39, 0.29) is 0 Å². The normalized spacial score (nSPS) is 23.2. The van der Waals surface area contributed by atoms with Gasteiger partial charge in [0.15, 0.2) is 11.5 Å². The molecule has 1 fully saturated rings. The predicted molar refractivity (Wildman–Crippen MR) is 81.9 cm³/mol. The van der Waals surface area contributed by atoms with Crippen LogP contribution in [0.25, 0.3) is 0 Å². The van der Waals surface area contributed by atoms with E-state index in [1.54, 1.807) is 0 Å². The molecule has 0 amide bonds. The molecular weight excluding hydrogens is 266 g/mol. The Balaban J connectivity index is 1.45. The van der Waals surface area contributed by atoms with Crippen LogP contribution in [0.5, 0.6) is 11.5 Å². The van der Waals surface area contributed by atoms with Gasteiger partial charge in [-0.15, -0.1) is 0 Å². The molecule has 116 valence electrons. The van der Waals surface area contributed by atoms with Gasteiger partial charge in [0.25, 0.3) is 0 Å². The Morgan fingerprint density at radius 2 is 2.10 bits per heavy atom. The molecule has 1 saturated heterocycles. The quantitative estimate of drug-likeness (QED) is 0.875. The van der Waals surface area contributed by atoms with Gasteiger partial charge < -0.3 is 19.5 Å². The van der Waals surface area contributed by atoms with E-state index in [2.05, 4.69) is 31.3 Å². The highest BCUT2D eigenvalue weighted by Crippen LogP contribution is 2.32. The van der Waals surface area contributed by atoms with E-state index in [4.69, 9.17) is 14.2 Å². The van der Waals surface area contributed by atoms with Crippen LogP contribution >= 0.6 is 0 Å². The van der Waals surface area contributed by atoms with Crippen LogP contribution in [0.3, 0.4) is 0 Å². The fraction of sp³-hybridized carbons (Fsp3) is 0.647. The summed E-state index contributed by atoms with van der Waals surface area (Å²) in [6.45, 7) is 6.71. The van der Waals surface area contributed by atoms with E-state index in [1.807, 2.05) is 6.07 Å². The predicted octanol–water partition coefficient (Wildman–Crippen LogP) is 2.75. The average Bonchev–Trinajstić information content (AvgIpc) is 3.15. The van der Waals surface area contributed by atoms with E-state index in [9.17, 15) is 0 Å². The van der Waals surface area contributed by atoms with Crippen molar-refractivity contribution in [2.75, 3.05) is 20.0 Å². The van der Waals surface area contributed by atoms with Crippen molar-refractivity contribution in [3.8, 4) is 11.5 Å². The average molecular weight is 291 g/mol. The second kappa shape index (κ2) is 6.67. The molecule has 2 aliphatic rings. The van der Waals surface area contributed by atoms with Crippen molar-refractivity contribution in [1.82, 2.24) is 5.32 Å². The van der Waals surface area contributed by atoms with Crippen LogP contribution in [0.1, 0.15) is 32.3 Å². The van der Waals surface area contributed by atoms with Gasteiger partial charge in [-0.1, -0.05) is 6.07 Å². The molecule has 2 heterocycles. The lowest BCUT2D eigenvalue weighted by Gasteiger charge is -2.24. The zero-order valence-electron chi connectivity index (χ0n) is 12.9. The number of rotatable bonds is 6. The largest absolute Gasteiger partial charge is 0.454 e. The van der Waals surface area contributed by atoms with Gasteiger partial charge in [-0.25, -0.2) is 0 Å². The lowest BCUT2D eigenvalue weighted by atomic mass is 9.98. The molecule has 4 nitrogen and oxygen atoms in total. The number of ether oxygens (including phenoxy) is 3. The van der Waals surface area contributed by atoms with Crippen LogP contribution in [-0.2, 0) is 11.2 Å². The molecule has 1 aromatic carbocycles. The Hall–Kier alpha value is -1.26. The van der Waals surface area contributed by atoms with Gasteiger partial charge in [0.1, 0.15) is 0 Å². The first-order chi connectivity index (χ1) is 10.2. The first kappa shape index (κ1) is 14.7. The molecule has 0 saturated carbocycles. The SMILES string of the molecule is CC(CCc1ccc2c(c1)OCO2)NC(C)C1CCOC1. The summed E-state index contributed by atoms with van der Waals surface area (Å²) in [5.41, 5.74) is 1.31. The first-order valence-corrected chi connectivity index (χ1v) is 7.94. The molecule has 3 rings (SSSR count). The third-order valence-corrected chi connectivity index (χ3v) is 4.52. The van der Waals surface area contributed by atoms with Crippen molar-refractivity contribution in [1.29, 1.82) is 0 Å². The summed E-state index contributed by atoms with van der Waals surface area (Å²) in [5, 5.41) is 3.71. The van der Waals surface area contributed by atoms with Crippen molar-refractivity contribution in [2.24, 2.45) is 5.92 Å². The van der Waals surface area contributed by atoms with Gasteiger partial charge in [-0.3, -0.25) is 0 Å². The molecule has 3 atom stereocenters. The molecule has 4 heteroatoms. The number of hydrogen-bond donors (Lipinski definition) is 1. The Morgan fingerprint density at radius 3 is 2.90 bits per heavy atom. The Labute approximate surface area is 126 Å². The summed E-state index contributed by atoms with van der Waals surface area (Å²) < 4.78 is 16.2. The van der Waals surface area contributed by atoms with Crippen molar-refractivity contribution >= 4 is 0 Å². The van der Waals surface area contributed by atoms with Crippen LogP contribution in [0.2, 0.25) is 0 Å². The second-order valence-electron chi connectivity index (χ2n) is 6.21. The monoisotopic (exact) mass is 291 g/mol. The summed E-state index contributed by atoms with van der Waals surface area (Å²) >= 11 is 0. The van der Waals surface area contributed by atoms with E-state index >= 15 is 0 Å². The van der Waals surface area contributed by atoms with Crippen molar-refractivity contribution < 1.29 is 14.2 Å². The maximum absolute atomic E-state index is 5.47. The van der Waals surface area contributed by atoms with Gasteiger partial charge in [-0.05, 0) is 56.7 Å². The lowest BCUT2D eigenvalue weighted by Crippen LogP contribution is -2.40. The minimum atomic E-state index is 0.345. The summed E-state index contributed by atoms with van der Waals surface area (Å²) in [5.74, 6) is 2.40. The number of fused-ring (bicyclic) bond motifs is 1. The van der Waals surface area contributed by atoms with E-state index in [1.165, 1.54) is 12.0 Å². The molecule has 1 N–H and O–H groups in total. The summed E-state index contributed by atoms with van der Waals surface area (Å²) in [7, 11) is 0. The molecule has 1 aromatic rings. The maximum atomic E-state index is 5.47. The van der Waals surface area contributed by atoms with Crippen LogP contribution in [0, 0.1) is 5.92 Å². The van der Waals surface area contributed by atoms with E-state index < -0.39 is 0 Å². The topological polar surface area (TPSA) is 39.7 Å². The molecule has 0 bridgehead atoms. The van der Waals surface area contributed by atoms with E-state index in [0.717, 1.165) is 37.6 Å². The third kappa shape index (κ3) is 3.69. The highest BCUT2D eigenvalue weighted by atomic mass is 16.7. The standard InChI is InChI=1S/C17H25NO3/c1-12(18-13(2)15-7-8-19-10-15)3-4-14-5-6-16-17(9-14)21-11-20-16/h5-6,9,12-13,15,18H,3-4,7-8,10-11H2,1-2H3. The van der Waals surface area contributed by atoms with Crippen LogP contribution in [0.4, 0.5) is 0 Å². The van der Waals surface area contributed by atoms with Gasteiger partial charge in [0.2, 0.25) is 6.79 Å². The highest BCUT2D eigenvalue weighted by Gasteiger charge is 2.23. The minimum absolute atomic E-state index is 0.345. The number of aryl methyl sites for hydroxylation is 1. The summed E-state index contributed by atoms with van der Waals surface area (Å²) in [6, 6.07) is 7.27. The minimum Gasteiger partial charge on any atom is -0.454 e. The van der Waals surface area contributed by atoms with Crippen LogP contribution in [-0.4, -0.2) is 32.1 Å². The summed E-state index contributed by atoms with van der Waals surface area (Å²) in [6.07, 6.45) is 3.36. The van der Waals surface area contributed by atoms with Gasteiger partial charge >= 0.3 is 0 Å². The summed E-state index contributed by atoms with van der Waals surface area (Å²) in [4.78, 5) is 0. The third-order valence-electron chi connectivity index (χ3n) is 4.52. The maximum Gasteiger partial charge on any atom is 0.231 e. The molecule has 2 aliphatic heterocycles. The molecule has 0 radical (unpaired) electrons. The van der Waals surface area contributed by atoms with Crippen molar-refractivity contribution in [3.63, 3.8) is 0 Å². The van der Waals surface area contributed by atoms with Gasteiger partial charge in [0.05, 0.1) is 6.61 Å². The van der Waals surface area contributed by atoms with Crippen molar-refractivity contribution in [3.05, 3.63) is 23.8 Å². The molecule has 3 unspecified atom stereocenters. The Bertz CT molecular complexity index is 471. The van der Waals surface area contributed by atoms with E-state index in [0.29, 0.717) is 24.8 Å². The zero-order chi connectivity index (χ0) is 14.7.